The Morgan fingerprint density at radius 2 is 1.93 bits per heavy atom. The fraction of sp³-hybridized carbons (Fsp3) is 0.0455. The molecule has 0 aliphatic heterocycles. The number of amides is 1. The normalized spacial score (nSPS) is 11.1. The first-order valence-electron chi connectivity index (χ1n) is 8.68. The molecule has 0 bridgehead atoms. The maximum Gasteiger partial charge on any atom is 0.336 e. The van der Waals surface area contributed by atoms with Crippen molar-refractivity contribution in [2.45, 2.75) is 6.42 Å². The second kappa shape index (κ2) is 10.2. The van der Waals surface area contributed by atoms with Crippen LogP contribution in [0.3, 0.4) is 0 Å². The predicted molar refractivity (Wildman–Crippen MR) is 113 cm³/mol. The summed E-state index contributed by atoms with van der Waals surface area (Å²) >= 11 is 3.35. The van der Waals surface area contributed by atoms with Crippen LogP contribution in [0.5, 0.6) is 5.75 Å². The molecule has 0 unspecified atom stereocenters. The number of esters is 1. The third-order valence-corrected chi connectivity index (χ3v) is 4.21. The van der Waals surface area contributed by atoms with Crippen molar-refractivity contribution in [3.05, 3.63) is 94.4 Å². The van der Waals surface area contributed by atoms with Crippen LogP contribution in [-0.2, 0) is 16.0 Å². The zero-order valence-corrected chi connectivity index (χ0v) is 16.8. The largest absolute Gasteiger partial charge is 0.465 e. The van der Waals surface area contributed by atoms with Crippen molar-refractivity contribution in [2.24, 2.45) is 5.10 Å². The minimum Gasteiger partial charge on any atom is -0.465 e. The van der Waals surface area contributed by atoms with Crippen molar-refractivity contribution >= 4 is 40.1 Å². The number of nitrogens with zero attached hydrogens (tertiary/aromatic N) is 1. The average Bonchev–Trinajstić information content (AvgIpc) is 3.22. The van der Waals surface area contributed by atoms with Crippen molar-refractivity contribution in [3.8, 4) is 5.75 Å². The van der Waals surface area contributed by atoms with Crippen LogP contribution in [0.2, 0.25) is 0 Å². The number of hydrogen-bond donors (Lipinski definition) is 1. The van der Waals surface area contributed by atoms with Crippen LogP contribution in [0.1, 0.15) is 16.9 Å². The number of furan rings is 1. The van der Waals surface area contributed by atoms with E-state index in [4.69, 9.17) is 9.15 Å². The van der Waals surface area contributed by atoms with Gasteiger partial charge in [0, 0.05) is 10.5 Å². The standard InChI is InChI=1S/C22H17BrN2O4/c23-18-8-6-16(7-9-18)14-21(26)25-24-15-17-3-1-4-20(13-17)29-22(27)11-10-19-5-2-12-28-19/h1-13,15H,14H2,(H,25,26)/b11-10+,24-15+. The van der Waals surface area contributed by atoms with E-state index in [-0.39, 0.29) is 12.3 Å². The van der Waals surface area contributed by atoms with Crippen molar-refractivity contribution in [3.63, 3.8) is 0 Å². The first kappa shape index (κ1) is 20.3. The molecule has 0 spiro atoms. The van der Waals surface area contributed by atoms with Gasteiger partial charge in [-0.05, 0) is 53.6 Å². The molecule has 1 aromatic heterocycles. The Bertz CT molecular complexity index is 1030. The lowest BCUT2D eigenvalue weighted by Crippen LogP contribution is -2.19. The Hall–Kier alpha value is -3.45. The Morgan fingerprint density at radius 3 is 2.69 bits per heavy atom. The molecule has 6 nitrogen and oxygen atoms in total. The second-order valence-electron chi connectivity index (χ2n) is 5.94. The van der Waals surface area contributed by atoms with E-state index in [1.807, 2.05) is 24.3 Å². The summed E-state index contributed by atoms with van der Waals surface area (Å²) in [6.45, 7) is 0. The number of hydrazone groups is 1. The van der Waals surface area contributed by atoms with E-state index in [1.165, 1.54) is 24.6 Å². The van der Waals surface area contributed by atoms with E-state index < -0.39 is 5.97 Å². The van der Waals surface area contributed by atoms with Gasteiger partial charge in [0.05, 0.1) is 18.9 Å². The van der Waals surface area contributed by atoms with E-state index in [2.05, 4.69) is 26.5 Å². The summed E-state index contributed by atoms with van der Waals surface area (Å²) in [5, 5.41) is 3.94. The van der Waals surface area contributed by atoms with Gasteiger partial charge in [0.25, 0.3) is 0 Å². The number of ether oxygens (including phenoxy) is 1. The summed E-state index contributed by atoms with van der Waals surface area (Å²) in [7, 11) is 0. The van der Waals surface area contributed by atoms with Crippen molar-refractivity contribution in [2.75, 3.05) is 0 Å². The Labute approximate surface area is 176 Å². The number of halogens is 1. The summed E-state index contributed by atoms with van der Waals surface area (Å²) in [6.07, 6.45) is 6.03. The van der Waals surface area contributed by atoms with Gasteiger partial charge in [-0.15, -0.1) is 0 Å². The van der Waals surface area contributed by atoms with Crippen LogP contribution >= 0.6 is 15.9 Å². The Morgan fingerprint density at radius 1 is 1.10 bits per heavy atom. The van der Waals surface area contributed by atoms with Crippen molar-refractivity contribution in [1.29, 1.82) is 0 Å². The third kappa shape index (κ3) is 6.90. The van der Waals surface area contributed by atoms with Gasteiger partial charge >= 0.3 is 5.97 Å². The van der Waals surface area contributed by atoms with Crippen molar-refractivity contribution < 1.29 is 18.7 Å². The molecular formula is C22H17BrN2O4. The molecular weight excluding hydrogens is 436 g/mol. The zero-order valence-electron chi connectivity index (χ0n) is 15.2. The Balaban J connectivity index is 1.51. The van der Waals surface area contributed by atoms with E-state index in [1.54, 1.807) is 36.4 Å². The zero-order chi connectivity index (χ0) is 20.5. The lowest BCUT2D eigenvalue weighted by atomic mass is 10.1. The van der Waals surface area contributed by atoms with Gasteiger partial charge in [0.15, 0.2) is 0 Å². The Kier molecular flexibility index (Phi) is 7.13. The number of carbonyl (C=O) groups excluding carboxylic acids is 2. The van der Waals surface area contributed by atoms with Crippen molar-refractivity contribution in [1.82, 2.24) is 5.43 Å². The van der Waals surface area contributed by atoms with E-state index in [9.17, 15) is 9.59 Å². The number of benzene rings is 2. The van der Waals surface area contributed by atoms with Crippen LogP contribution in [0.25, 0.3) is 6.08 Å². The third-order valence-electron chi connectivity index (χ3n) is 3.68. The SMILES string of the molecule is O=C(Cc1ccc(Br)cc1)N/N=C/c1cccc(OC(=O)/C=C/c2ccco2)c1. The van der Waals surface area contributed by atoms with Crippen LogP contribution in [0.15, 0.2) is 87.0 Å². The van der Waals surface area contributed by atoms with Gasteiger partial charge in [-0.2, -0.15) is 5.10 Å². The highest BCUT2D eigenvalue weighted by Crippen LogP contribution is 2.13. The molecule has 29 heavy (non-hydrogen) atoms. The molecule has 1 amide bonds. The highest BCUT2D eigenvalue weighted by molar-refractivity contribution is 9.10. The summed E-state index contributed by atoms with van der Waals surface area (Å²) in [5.74, 6) is 0.165. The molecule has 0 aliphatic carbocycles. The number of hydrogen-bond acceptors (Lipinski definition) is 5. The lowest BCUT2D eigenvalue weighted by molar-refractivity contribution is -0.129. The van der Waals surface area contributed by atoms with Gasteiger partial charge in [0.1, 0.15) is 11.5 Å². The monoisotopic (exact) mass is 452 g/mol. The maximum absolute atomic E-state index is 11.9. The number of rotatable bonds is 7. The topological polar surface area (TPSA) is 80.9 Å². The summed E-state index contributed by atoms with van der Waals surface area (Å²) in [4.78, 5) is 23.8. The molecule has 7 heteroatoms. The van der Waals surface area contributed by atoms with Crippen LogP contribution in [-0.4, -0.2) is 18.1 Å². The van der Waals surface area contributed by atoms with E-state index in [0.717, 1.165) is 10.0 Å². The van der Waals surface area contributed by atoms with Gasteiger partial charge < -0.3 is 9.15 Å². The molecule has 0 fully saturated rings. The lowest BCUT2D eigenvalue weighted by Gasteiger charge is -2.03. The molecule has 0 radical (unpaired) electrons. The number of nitrogens with one attached hydrogen (secondary N) is 1. The predicted octanol–water partition coefficient (Wildman–Crippen LogP) is 4.35. The first-order chi connectivity index (χ1) is 14.1. The van der Waals surface area contributed by atoms with Gasteiger partial charge in [-0.1, -0.05) is 40.2 Å². The van der Waals surface area contributed by atoms with Crippen LogP contribution in [0.4, 0.5) is 0 Å². The summed E-state index contributed by atoms with van der Waals surface area (Å²) < 4.78 is 11.3. The second-order valence-corrected chi connectivity index (χ2v) is 6.85. The van der Waals surface area contributed by atoms with Crippen LogP contribution in [0, 0.1) is 0 Å². The molecule has 2 aromatic carbocycles. The molecule has 0 aliphatic rings. The van der Waals surface area contributed by atoms with Crippen LogP contribution < -0.4 is 10.2 Å². The molecule has 0 atom stereocenters. The quantitative estimate of drug-likeness (QED) is 0.190. The average molecular weight is 453 g/mol. The van der Waals surface area contributed by atoms with E-state index >= 15 is 0 Å². The highest BCUT2D eigenvalue weighted by Gasteiger charge is 2.03. The first-order valence-corrected chi connectivity index (χ1v) is 9.47. The molecule has 3 aromatic rings. The smallest absolute Gasteiger partial charge is 0.336 e. The molecule has 0 saturated heterocycles. The molecule has 3 rings (SSSR count). The fourth-order valence-electron chi connectivity index (χ4n) is 2.35. The maximum atomic E-state index is 11.9. The van der Waals surface area contributed by atoms with Gasteiger partial charge in [-0.3, -0.25) is 4.79 Å². The molecule has 0 saturated carbocycles. The summed E-state index contributed by atoms with van der Waals surface area (Å²) in [5.41, 5.74) is 4.04. The van der Waals surface area contributed by atoms with Gasteiger partial charge in [0.2, 0.25) is 5.91 Å². The summed E-state index contributed by atoms with van der Waals surface area (Å²) in [6, 6.07) is 17.7. The molecule has 146 valence electrons. The fourth-order valence-corrected chi connectivity index (χ4v) is 2.62. The minimum absolute atomic E-state index is 0.226. The molecule has 1 N–H and O–H groups in total. The van der Waals surface area contributed by atoms with E-state index in [0.29, 0.717) is 17.1 Å². The highest BCUT2D eigenvalue weighted by atomic mass is 79.9. The minimum atomic E-state index is -0.529. The van der Waals surface area contributed by atoms with Gasteiger partial charge in [-0.25, -0.2) is 10.2 Å². The number of carbonyl (C=O) groups is 2. The molecule has 1 heterocycles.